The monoisotopic (exact) mass is 491 g/mol. The van der Waals surface area contributed by atoms with Gasteiger partial charge in [0.25, 0.3) is 0 Å². The van der Waals surface area contributed by atoms with Gasteiger partial charge in [-0.25, -0.2) is 8.42 Å². The van der Waals surface area contributed by atoms with Gasteiger partial charge < -0.3 is 15.0 Å². The minimum absolute atomic E-state index is 0.129. The van der Waals surface area contributed by atoms with Crippen molar-refractivity contribution in [3.05, 3.63) is 52.5 Å². The Hall–Kier alpha value is -2.46. The van der Waals surface area contributed by atoms with Gasteiger partial charge in [0.2, 0.25) is 21.8 Å². The van der Waals surface area contributed by atoms with Crippen LogP contribution in [-0.4, -0.2) is 57.4 Å². The summed E-state index contributed by atoms with van der Waals surface area (Å²) in [6, 6.07) is 9.84. The van der Waals surface area contributed by atoms with Crippen molar-refractivity contribution in [1.82, 2.24) is 4.31 Å². The lowest BCUT2D eigenvalue weighted by molar-refractivity contribution is -0.124. The van der Waals surface area contributed by atoms with Crippen molar-refractivity contribution >= 4 is 44.8 Å². The molecule has 0 bridgehead atoms. The molecule has 0 unspecified atom stereocenters. The van der Waals surface area contributed by atoms with Crippen molar-refractivity contribution in [3.63, 3.8) is 0 Å². The van der Waals surface area contributed by atoms with Crippen LogP contribution in [0.25, 0.3) is 0 Å². The topological polar surface area (TPSA) is 96.0 Å². The molecule has 176 valence electrons. The predicted molar refractivity (Wildman–Crippen MR) is 126 cm³/mol. The summed E-state index contributed by atoms with van der Waals surface area (Å²) in [6.45, 7) is 6.41. The van der Waals surface area contributed by atoms with Crippen LogP contribution in [0.1, 0.15) is 25.0 Å². The summed E-state index contributed by atoms with van der Waals surface area (Å²) in [6.07, 6.45) is 0. The number of fused-ring (bicyclic) bond motifs is 1. The molecule has 0 aromatic heterocycles. The summed E-state index contributed by atoms with van der Waals surface area (Å²) < 4.78 is 32.8. The zero-order valence-corrected chi connectivity index (χ0v) is 20.3. The van der Waals surface area contributed by atoms with Crippen molar-refractivity contribution in [2.75, 3.05) is 43.1 Å². The third kappa shape index (κ3) is 4.38. The molecule has 2 aliphatic rings. The van der Waals surface area contributed by atoms with Crippen LogP contribution >= 0.6 is 11.6 Å². The lowest BCUT2D eigenvalue weighted by Crippen LogP contribution is -2.41. The number of nitrogens with zero attached hydrogens (tertiary/aromatic N) is 2. The highest BCUT2D eigenvalue weighted by molar-refractivity contribution is 7.89. The van der Waals surface area contributed by atoms with E-state index in [-0.39, 0.29) is 36.3 Å². The number of hydrogen-bond acceptors (Lipinski definition) is 5. The number of nitrogens with one attached hydrogen (secondary N) is 1. The van der Waals surface area contributed by atoms with Crippen molar-refractivity contribution in [2.45, 2.75) is 31.1 Å². The number of rotatable bonds is 5. The summed E-state index contributed by atoms with van der Waals surface area (Å²) in [7, 11) is -3.71. The molecular formula is C23H26ClN3O5S. The van der Waals surface area contributed by atoms with Gasteiger partial charge in [-0.3, -0.25) is 9.59 Å². The Bertz CT molecular complexity index is 1220. The van der Waals surface area contributed by atoms with Crippen molar-refractivity contribution < 1.29 is 22.7 Å². The number of carbonyl (C=O) groups is 2. The third-order valence-electron chi connectivity index (χ3n) is 6.08. The van der Waals surface area contributed by atoms with E-state index in [2.05, 4.69) is 5.32 Å². The predicted octanol–water partition coefficient (Wildman–Crippen LogP) is 2.93. The average molecular weight is 492 g/mol. The molecule has 2 heterocycles. The minimum Gasteiger partial charge on any atom is -0.379 e. The molecule has 0 spiro atoms. The Morgan fingerprint density at radius 3 is 2.52 bits per heavy atom. The second-order valence-electron chi connectivity index (χ2n) is 8.72. The summed E-state index contributed by atoms with van der Waals surface area (Å²) in [5.74, 6) is -0.646. The first kappa shape index (κ1) is 23.7. The third-order valence-corrected chi connectivity index (χ3v) is 8.38. The standard InChI is InChI=1S/C23H26ClN3O5S/c1-15-4-5-16(12-19(15)24)25-21(28)14-27-20-7-6-17(13-18(20)23(2,3)22(27)29)33(30,31)26-8-10-32-11-9-26/h4-7,12-13H,8-11,14H2,1-3H3,(H,25,28). The molecule has 2 amide bonds. The zero-order chi connectivity index (χ0) is 24.0. The van der Waals surface area contributed by atoms with Gasteiger partial charge in [0, 0.05) is 29.5 Å². The quantitative estimate of drug-likeness (QED) is 0.693. The van der Waals surface area contributed by atoms with E-state index in [1.807, 2.05) is 6.92 Å². The number of benzene rings is 2. The summed E-state index contributed by atoms with van der Waals surface area (Å²) in [4.78, 5) is 27.4. The van der Waals surface area contributed by atoms with Gasteiger partial charge >= 0.3 is 0 Å². The molecule has 8 nitrogen and oxygen atoms in total. The molecular weight excluding hydrogens is 466 g/mol. The van der Waals surface area contributed by atoms with Crippen LogP contribution < -0.4 is 10.2 Å². The number of carbonyl (C=O) groups excluding carboxylic acids is 2. The Labute approximate surface area is 198 Å². The number of ether oxygens (including phenoxy) is 1. The van der Waals surface area contributed by atoms with Gasteiger partial charge in [0.1, 0.15) is 6.54 Å². The largest absolute Gasteiger partial charge is 0.379 e. The lowest BCUT2D eigenvalue weighted by atomic mass is 9.86. The summed E-state index contributed by atoms with van der Waals surface area (Å²) in [5, 5.41) is 3.30. The van der Waals surface area contributed by atoms with Gasteiger partial charge in [-0.15, -0.1) is 0 Å². The van der Waals surface area contributed by atoms with Crippen LogP contribution in [0, 0.1) is 6.92 Å². The SMILES string of the molecule is Cc1ccc(NC(=O)CN2C(=O)C(C)(C)c3cc(S(=O)(=O)N4CCOCC4)ccc32)cc1Cl. The fourth-order valence-electron chi connectivity index (χ4n) is 4.08. The first-order valence-electron chi connectivity index (χ1n) is 10.6. The molecule has 2 aliphatic heterocycles. The number of amides is 2. The van der Waals surface area contributed by atoms with Gasteiger partial charge in [0.05, 0.1) is 23.5 Å². The van der Waals surface area contributed by atoms with Gasteiger partial charge in [-0.05, 0) is 62.2 Å². The number of hydrogen-bond donors (Lipinski definition) is 1. The average Bonchev–Trinajstić information content (AvgIpc) is 2.97. The maximum absolute atomic E-state index is 13.2. The number of aryl methyl sites for hydroxylation is 1. The Morgan fingerprint density at radius 2 is 1.85 bits per heavy atom. The van der Waals surface area contributed by atoms with E-state index in [0.717, 1.165) is 5.56 Å². The second kappa shape index (κ2) is 8.72. The lowest BCUT2D eigenvalue weighted by Gasteiger charge is -2.26. The molecule has 33 heavy (non-hydrogen) atoms. The second-order valence-corrected chi connectivity index (χ2v) is 11.1. The molecule has 0 saturated carbocycles. The van der Waals surface area contributed by atoms with Crippen LogP contribution in [-0.2, 0) is 29.8 Å². The number of morpholine rings is 1. The first-order chi connectivity index (χ1) is 15.5. The number of anilines is 2. The highest BCUT2D eigenvalue weighted by Crippen LogP contribution is 2.42. The van der Waals surface area contributed by atoms with E-state index in [9.17, 15) is 18.0 Å². The maximum atomic E-state index is 13.2. The number of sulfonamides is 1. The molecule has 1 N–H and O–H groups in total. The molecule has 0 atom stereocenters. The molecule has 4 rings (SSSR count). The highest BCUT2D eigenvalue weighted by atomic mass is 35.5. The van der Waals surface area contributed by atoms with E-state index in [1.54, 1.807) is 44.2 Å². The van der Waals surface area contributed by atoms with Gasteiger partial charge in [0.15, 0.2) is 0 Å². The van der Waals surface area contributed by atoms with E-state index in [1.165, 1.54) is 15.3 Å². The van der Waals surface area contributed by atoms with Crippen LogP contribution in [0.4, 0.5) is 11.4 Å². The van der Waals surface area contributed by atoms with Crippen LogP contribution in [0.2, 0.25) is 5.02 Å². The molecule has 10 heteroatoms. The van der Waals surface area contributed by atoms with Crippen molar-refractivity contribution in [3.8, 4) is 0 Å². The maximum Gasteiger partial charge on any atom is 0.244 e. The smallest absolute Gasteiger partial charge is 0.244 e. The molecule has 2 aromatic rings. The normalized spacial score (nSPS) is 18.3. The Balaban J connectivity index is 1.59. The zero-order valence-electron chi connectivity index (χ0n) is 18.7. The fraction of sp³-hybridized carbons (Fsp3) is 0.391. The van der Waals surface area contributed by atoms with Gasteiger partial charge in [-0.2, -0.15) is 4.31 Å². The molecule has 1 saturated heterocycles. The molecule has 2 aromatic carbocycles. The minimum atomic E-state index is -3.71. The first-order valence-corrected chi connectivity index (χ1v) is 12.4. The summed E-state index contributed by atoms with van der Waals surface area (Å²) in [5.41, 5.74) is 1.56. The van der Waals surface area contributed by atoms with Crippen LogP contribution in [0.3, 0.4) is 0 Å². The van der Waals surface area contributed by atoms with Crippen molar-refractivity contribution in [1.29, 1.82) is 0 Å². The molecule has 0 aliphatic carbocycles. The van der Waals surface area contributed by atoms with E-state index < -0.39 is 15.4 Å². The molecule has 0 radical (unpaired) electrons. The van der Waals surface area contributed by atoms with Crippen LogP contribution in [0.15, 0.2) is 41.3 Å². The van der Waals surface area contributed by atoms with E-state index >= 15 is 0 Å². The Morgan fingerprint density at radius 1 is 1.15 bits per heavy atom. The number of halogens is 1. The molecule has 1 fully saturated rings. The van der Waals surface area contributed by atoms with E-state index in [4.69, 9.17) is 16.3 Å². The van der Waals surface area contributed by atoms with Gasteiger partial charge in [-0.1, -0.05) is 17.7 Å². The highest BCUT2D eigenvalue weighted by Gasteiger charge is 2.45. The van der Waals surface area contributed by atoms with Crippen LogP contribution in [0.5, 0.6) is 0 Å². The fourth-order valence-corrected chi connectivity index (χ4v) is 5.70. The van der Waals surface area contributed by atoms with Crippen molar-refractivity contribution in [2.24, 2.45) is 0 Å². The van der Waals surface area contributed by atoms with E-state index in [0.29, 0.717) is 35.2 Å². The Kier molecular flexibility index (Phi) is 6.26. The summed E-state index contributed by atoms with van der Waals surface area (Å²) >= 11 is 6.13.